The van der Waals surface area contributed by atoms with Crippen molar-refractivity contribution in [2.75, 3.05) is 7.11 Å². The third-order valence-electron chi connectivity index (χ3n) is 2.82. The Hall–Kier alpha value is -2.63. The van der Waals surface area contributed by atoms with E-state index < -0.39 is 17.9 Å². The molecule has 6 heteroatoms. The summed E-state index contributed by atoms with van der Waals surface area (Å²) in [6.45, 7) is 0. The molecule has 0 aliphatic heterocycles. The molecule has 2 rings (SSSR count). The second-order valence-electron chi connectivity index (χ2n) is 4.20. The van der Waals surface area contributed by atoms with E-state index in [1.54, 1.807) is 0 Å². The summed E-state index contributed by atoms with van der Waals surface area (Å²) in [5.74, 6) is -0.879. The van der Waals surface area contributed by atoms with Crippen LogP contribution in [0.3, 0.4) is 0 Å². The van der Waals surface area contributed by atoms with E-state index in [9.17, 15) is 9.59 Å². The van der Waals surface area contributed by atoms with Crippen molar-refractivity contribution in [3.8, 4) is 0 Å². The zero-order chi connectivity index (χ0) is 14.4. The number of carbonyl (C=O) groups is 2. The summed E-state index contributed by atoms with van der Waals surface area (Å²) < 4.78 is 4.72. The van der Waals surface area contributed by atoms with Gasteiger partial charge in [0.15, 0.2) is 0 Å². The number of esters is 1. The van der Waals surface area contributed by atoms with E-state index in [-0.39, 0.29) is 0 Å². The van der Waals surface area contributed by atoms with E-state index >= 15 is 0 Å². The number of aromatic nitrogens is 2. The molecular weight excluding hydrogens is 258 g/mol. The van der Waals surface area contributed by atoms with E-state index in [0.717, 1.165) is 5.56 Å². The van der Waals surface area contributed by atoms with Crippen molar-refractivity contribution in [2.45, 2.75) is 12.5 Å². The maximum Gasteiger partial charge on any atom is 0.328 e. The van der Waals surface area contributed by atoms with Crippen LogP contribution in [0.1, 0.15) is 16.1 Å². The predicted octanol–water partition coefficient (Wildman–Crippen LogP) is 0.924. The number of nitrogens with zero attached hydrogens (tertiary/aromatic N) is 1. The fraction of sp³-hybridized carbons (Fsp3) is 0.214. The van der Waals surface area contributed by atoms with Gasteiger partial charge in [0.1, 0.15) is 11.7 Å². The summed E-state index contributed by atoms with van der Waals surface area (Å²) >= 11 is 0. The molecule has 0 aliphatic rings. The van der Waals surface area contributed by atoms with Crippen LogP contribution in [0.2, 0.25) is 0 Å². The maximum absolute atomic E-state index is 11.9. The number of hydrogen-bond acceptors (Lipinski definition) is 4. The lowest BCUT2D eigenvalue weighted by atomic mass is 10.1. The first-order valence-corrected chi connectivity index (χ1v) is 6.11. The number of hydrogen-bond donors (Lipinski definition) is 2. The second-order valence-corrected chi connectivity index (χ2v) is 4.20. The van der Waals surface area contributed by atoms with Gasteiger partial charge in [0.2, 0.25) is 0 Å². The Morgan fingerprint density at radius 1 is 1.35 bits per heavy atom. The smallest absolute Gasteiger partial charge is 0.328 e. The number of amides is 1. The molecule has 20 heavy (non-hydrogen) atoms. The molecule has 1 amide bonds. The summed E-state index contributed by atoms with van der Waals surface area (Å²) in [6.07, 6.45) is 3.17. The molecule has 0 saturated heterocycles. The number of rotatable bonds is 5. The number of benzene rings is 1. The Morgan fingerprint density at radius 2 is 2.10 bits per heavy atom. The third-order valence-corrected chi connectivity index (χ3v) is 2.82. The number of ether oxygens (including phenoxy) is 1. The Bertz CT molecular complexity index is 567. The average Bonchev–Trinajstić information content (AvgIpc) is 3.01. The van der Waals surface area contributed by atoms with E-state index in [1.165, 1.54) is 19.6 Å². The van der Waals surface area contributed by atoms with Crippen molar-refractivity contribution >= 4 is 11.9 Å². The summed E-state index contributed by atoms with van der Waals surface area (Å²) in [6, 6.07) is 8.68. The molecule has 0 aliphatic carbocycles. The minimum atomic E-state index is -0.738. The quantitative estimate of drug-likeness (QED) is 0.793. The lowest BCUT2D eigenvalue weighted by molar-refractivity contribution is -0.142. The van der Waals surface area contributed by atoms with E-state index in [2.05, 4.69) is 15.3 Å². The first-order chi connectivity index (χ1) is 9.70. The largest absolute Gasteiger partial charge is 0.467 e. The van der Waals surface area contributed by atoms with Crippen molar-refractivity contribution in [1.82, 2.24) is 15.3 Å². The highest BCUT2D eigenvalue weighted by Crippen LogP contribution is 2.05. The Labute approximate surface area is 116 Å². The molecule has 104 valence electrons. The number of H-pyrrole nitrogens is 1. The van der Waals surface area contributed by atoms with Crippen LogP contribution in [0.15, 0.2) is 42.9 Å². The monoisotopic (exact) mass is 273 g/mol. The molecule has 1 aromatic heterocycles. The van der Waals surface area contributed by atoms with Gasteiger partial charge < -0.3 is 15.0 Å². The Kier molecular flexibility index (Phi) is 4.49. The van der Waals surface area contributed by atoms with Gasteiger partial charge in [0, 0.05) is 6.42 Å². The fourth-order valence-corrected chi connectivity index (χ4v) is 1.80. The number of aromatic amines is 1. The average molecular weight is 273 g/mol. The maximum atomic E-state index is 11.9. The zero-order valence-corrected chi connectivity index (χ0v) is 11.0. The zero-order valence-electron chi connectivity index (χ0n) is 11.0. The van der Waals surface area contributed by atoms with Gasteiger partial charge in [-0.25, -0.2) is 9.78 Å². The predicted molar refractivity (Wildman–Crippen MR) is 72.0 cm³/mol. The summed E-state index contributed by atoms with van der Waals surface area (Å²) in [7, 11) is 1.29. The van der Waals surface area contributed by atoms with E-state index in [4.69, 9.17) is 4.74 Å². The van der Waals surface area contributed by atoms with Crippen LogP contribution in [-0.2, 0) is 16.0 Å². The highest BCUT2D eigenvalue weighted by Gasteiger charge is 2.22. The molecule has 6 nitrogen and oxygen atoms in total. The summed E-state index contributed by atoms with van der Waals surface area (Å²) in [5.41, 5.74) is 1.24. The lowest BCUT2D eigenvalue weighted by Gasteiger charge is -2.16. The molecule has 0 spiro atoms. The molecular formula is C14H15N3O3. The van der Waals surface area contributed by atoms with Crippen LogP contribution in [-0.4, -0.2) is 35.0 Å². The van der Waals surface area contributed by atoms with Gasteiger partial charge in [-0.3, -0.25) is 4.79 Å². The molecule has 0 radical (unpaired) electrons. The number of nitrogens with one attached hydrogen (secondary N) is 2. The van der Waals surface area contributed by atoms with Gasteiger partial charge in [-0.15, -0.1) is 0 Å². The molecule has 0 saturated carbocycles. The first kappa shape index (κ1) is 13.8. The van der Waals surface area contributed by atoms with Crippen molar-refractivity contribution in [3.05, 3.63) is 54.1 Å². The van der Waals surface area contributed by atoms with Gasteiger partial charge in [-0.2, -0.15) is 0 Å². The van der Waals surface area contributed by atoms with Crippen molar-refractivity contribution < 1.29 is 14.3 Å². The lowest BCUT2D eigenvalue weighted by Crippen LogP contribution is -2.43. The second kappa shape index (κ2) is 6.51. The standard InChI is InChI=1S/C14H15N3O3/c1-20-14(19)11(7-10-5-3-2-4-6-10)17-13(18)12-8-15-9-16-12/h2-6,8-9,11H,7H2,1H3,(H,15,16)(H,17,18)/t11-/m0/s1. The molecule has 2 N–H and O–H groups in total. The highest BCUT2D eigenvalue weighted by molar-refractivity contribution is 5.95. The SMILES string of the molecule is COC(=O)[C@H](Cc1ccccc1)NC(=O)c1cnc[nH]1. The molecule has 0 unspecified atom stereocenters. The summed E-state index contributed by atoms with van der Waals surface area (Å²) in [5, 5.41) is 2.63. The number of methoxy groups -OCH3 is 1. The van der Waals surface area contributed by atoms with Gasteiger partial charge >= 0.3 is 5.97 Å². The molecule has 0 fully saturated rings. The van der Waals surface area contributed by atoms with Gasteiger partial charge in [0.05, 0.1) is 19.6 Å². The summed E-state index contributed by atoms with van der Waals surface area (Å²) in [4.78, 5) is 30.2. The normalized spacial score (nSPS) is 11.7. The number of imidazole rings is 1. The number of carbonyl (C=O) groups excluding carboxylic acids is 2. The van der Waals surface area contributed by atoms with Crippen molar-refractivity contribution in [3.63, 3.8) is 0 Å². The van der Waals surface area contributed by atoms with Gasteiger partial charge in [0.25, 0.3) is 5.91 Å². The third kappa shape index (κ3) is 3.44. The Morgan fingerprint density at radius 3 is 2.70 bits per heavy atom. The molecule has 2 aromatic rings. The highest BCUT2D eigenvalue weighted by atomic mass is 16.5. The van der Waals surface area contributed by atoms with Crippen LogP contribution in [0.5, 0.6) is 0 Å². The fourth-order valence-electron chi connectivity index (χ4n) is 1.80. The van der Waals surface area contributed by atoms with E-state index in [1.807, 2.05) is 30.3 Å². The van der Waals surface area contributed by atoms with Crippen LogP contribution in [0.25, 0.3) is 0 Å². The molecule has 1 heterocycles. The van der Waals surface area contributed by atoms with E-state index in [0.29, 0.717) is 12.1 Å². The molecule has 0 bridgehead atoms. The minimum Gasteiger partial charge on any atom is -0.467 e. The first-order valence-electron chi connectivity index (χ1n) is 6.11. The van der Waals surface area contributed by atoms with Crippen molar-refractivity contribution in [2.24, 2.45) is 0 Å². The Balaban J connectivity index is 2.08. The topological polar surface area (TPSA) is 84.1 Å². The van der Waals surface area contributed by atoms with Crippen LogP contribution in [0.4, 0.5) is 0 Å². The molecule has 1 atom stereocenters. The minimum absolute atomic E-state index is 0.298. The van der Waals surface area contributed by atoms with Crippen LogP contribution in [0, 0.1) is 0 Å². The van der Waals surface area contributed by atoms with Gasteiger partial charge in [-0.1, -0.05) is 30.3 Å². The van der Waals surface area contributed by atoms with Gasteiger partial charge in [-0.05, 0) is 5.56 Å². The van der Waals surface area contributed by atoms with Crippen molar-refractivity contribution in [1.29, 1.82) is 0 Å². The van der Waals surface area contributed by atoms with Crippen LogP contribution >= 0.6 is 0 Å². The molecule has 1 aromatic carbocycles. The van der Waals surface area contributed by atoms with Crippen LogP contribution < -0.4 is 5.32 Å².